The summed E-state index contributed by atoms with van der Waals surface area (Å²) in [5, 5.41) is -0.185. The van der Waals surface area contributed by atoms with Gasteiger partial charge in [0.2, 0.25) is 16.0 Å². The second kappa shape index (κ2) is 11.4. The van der Waals surface area contributed by atoms with Crippen LogP contribution < -0.4 is 16.0 Å². The van der Waals surface area contributed by atoms with Crippen molar-refractivity contribution in [2.45, 2.75) is 64.2 Å². The molecule has 0 radical (unpaired) electrons. The highest BCUT2D eigenvalue weighted by Gasteiger charge is 2.25. The fourth-order valence-electron chi connectivity index (χ4n) is 4.10. The number of aryl methyl sites for hydroxylation is 1. The van der Waals surface area contributed by atoms with Crippen LogP contribution in [-0.4, -0.2) is 51.9 Å². The first-order valence-electron chi connectivity index (χ1n) is 12.3. The van der Waals surface area contributed by atoms with E-state index in [1.165, 1.54) is 30.0 Å². The molecule has 1 aliphatic heterocycles. The summed E-state index contributed by atoms with van der Waals surface area (Å²) in [5.41, 5.74) is -0.109. The lowest BCUT2D eigenvalue weighted by Gasteiger charge is -2.22. The van der Waals surface area contributed by atoms with Crippen molar-refractivity contribution in [3.8, 4) is 0 Å². The monoisotopic (exact) mass is 553 g/mol. The molecule has 0 spiro atoms. The zero-order chi connectivity index (χ0) is 26.7. The molecule has 0 saturated carbocycles. The van der Waals surface area contributed by atoms with Crippen LogP contribution in [0.1, 0.15) is 45.1 Å². The van der Waals surface area contributed by atoms with Gasteiger partial charge in [-0.2, -0.15) is 4.98 Å². The third-order valence-electron chi connectivity index (χ3n) is 6.31. The second-order valence-corrected chi connectivity index (χ2v) is 12.0. The Morgan fingerprint density at radius 3 is 2.57 bits per heavy atom. The van der Waals surface area contributed by atoms with Crippen molar-refractivity contribution >= 4 is 38.7 Å². The van der Waals surface area contributed by atoms with Gasteiger partial charge in [0.15, 0.2) is 17.5 Å². The molecule has 1 aliphatic rings. The van der Waals surface area contributed by atoms with E-state index >= 15 is 0 Å². The molecule has 11 nitrogen and oxygen atoms in total. The van der Waals surface area contributed by atoms with Gasteiger partial charge in [0.05, 0.1) is 18.4 Å². The van der Waals surface area contributed by atoms with E-state index < -0.39 is 26.5 Å². The van der Waals surface area contributed by atoms with Crippen molar-refractivity contribution in [2.75, 3.05) is 17.9 Å². The minimum absolute atomic E-state index is 0.0405. The zero-order valence-corrected chi connectivity index (χ0v) is 22.7. The predicted octanol–water partition coefficient (Wildman–Crippen LogP) is 2.68. The lowest BCUT2D eigenvalue weighted by molar-refractivity contribution is -0.163. The predicted molar refractivity (Wildman–Crippen MR) is 142 cm³/mol. The van der Waals surface area contributed by atoms with Crippen LogP contribution >= 0.6 is 11.6 Å². The Bertz CT molecular complexity index is 1470. The van der Waals surface area contributed by atoms with Gasteiger partial charge in [-0.3, -0.25) is 23.2 Å². The van der Waals surface area contributed by atoms with Crippen LogP contribution in [0.15, 0.2) is 33.9 Å². The number of nitrogens with one attached hydrogen (secondary N) is 1. The number of ether oxygens (including phenoxy) is 2. The molecule has 2 aromatic heterocycles. The summed E-state index contributed by atoms with van der Waals surface area (Å²) in [6, 6.07) is 6.97. The molecule has 4 rings (SSSR count). The first-order valence-corrected chi connectivity index (χ1v) is 14.2. The summed E-state index contributed by atoms with van der Waals surface area (Å²) in [6.45, 7) is 4.35. The van der Waals surface area contributed by atoms with Crippen molar-refractivity contribution in [3.63, 3.8) is 0 Å². The van der Waals surface area contributed by atoms with Crippen LogP contribution in [0.2, 0.25) is 5.02 Å². The molecule has 0 amide bonds. The highest BCUT2D eigenvalue weighted by atomic mass is 35.5. The number of benzene rings is 1. The van der Waals surface area contributed by atoms with Crippen LogP contribution in [0.25, 0.3) is 11.2 Å². The molecule has 1 unspecified atom stereocenters. The third-order valence-corrected chi connectivity index (χ3v) is 8.27. The summed E-state index contributed by atoms with van der Waals surface area (Å²) in [7, 11) is -2.27. The Morgan fingerprint density at radius 2 is 1.92 bits per heavy atom. The quantitative estimate of drug-likeness (QED) is 0.382. The SMILES string of the molecule is CC(C)S(=O)(=O)Nc1nc2c(c(=O)n(CCCOC3CCCCO3)c(=O)n2C)n1Cc1ccc(Cl)cc1. The highest BCUT2D eigenvalue weighted by molar-refractivity contribution is 7.93. The Hall–Kier alpha value is -2.67. The van der Waals surface area contributed by atoms with Crippen molar-refractivity contribution in [2.24, 2.45) is 7.05 Å². The molecule has 0 bridgehead atoms. The second-order valence-electron chi connectivity index (χ2n) is 9.33. The van der Waals surface area contributed by atoms with Crippen LogP contribution in [0.4, 0.5) is 5.95 Å². The van der Waals surface area contributed by atoms with E-state index in [1.54, 1.807) is 24.3 Å². The molecular weight excluding hydrogens is 522 g/mol. The molecule has 202 valence electrons. The minimum atomic E-state index is -3.77. The lowest BCUT2D eigenvalue weighted by atomic mass is 10.2. The molecule has 3 aromatic rings. The van der Waals surface area contributed by atoms with Crippen LogP contribution in [0.5, 0.6) is 0 Å². The van der Waals surface area contributed by atoms with Gasteiger partial charge in [-0.1, -0.05) is 23.7 Å². The summed E-state index contributed by atoms with van der Waals surface area (Å²) in [6.07, 6.45) is 3.06. The number of fused-ring (bicyclic) bond motifs is 1. The first-order chi connectivity index (χ1) is 17.6. The maximum atomic E-state index is 13.6. The Kier molecular flexibility index (Phi) is 8.42. The smallest absolute Gasteiger partial charge is 0.332 e. The Morgan fingerprint density at radius 1 is 1.19 bits per heavy atom. The van der Waals surface area contributed by atoms with E-state index in [2.05, 4.69) is 9.71 Å². The van der Waals surface area contributed by atoms with Crippen molar-refractivity contribution in [1.29, 1.82) is 0 Å². The number of aromatic nitrogens is 4. The largest absolute Gasteiger partial charge is 0.353 e. The number of nitrogens with zero attached hydrogens (tertiary/aromatic N) is 4. The molecule has 37 heavy (non-hydrogen) atoms. The molecule has 3 heterocycles. The molecule has 13 heteroatoms. The number of sulfonamides is 1. The van der Waals surface area contributed by atoms with E-state index in [0.717, 1.165) is 29.4 Å². The van der Waals surface area contributed by atoms with E-state index in [1.807, 2.05) is 0 Å². The average molecular weight is 554 g/mol. The normalized spacial score (nSPS) is 16.5. The van der Waals surface area contributed by atoms with Gasteiger partial charge in [-0.25, -0.2) is 13.2 Å². The molecule has 1 N–H and O–H groups in total. The molecule has 1 atom stereocenters. The topological polar surface area (TPSA) is 126 Å². The Balaban J connectivity index is 1.72. The van der Waals surface area contributed by atoms with Gasteiger partial charge in [-0.05, 0) is 57.2 Å². The maximum absolute atomic E-state index is 13.6. The maximum Gasteiger partial charge on any atom is 0.332 e. The summed E-state index contributed by atoms with van der Waals surface area (Å²) < 4.78 is 43.0. The molecule has 0 aliphatic carbocycles. The molecule has 1 fully saturated rings. The first kappa shape index (κ1) is 27.4. The van der Waals surface area contributed by atoms with Crippen LogP contribution in [0.3, 0.4) is 0 Å². The van der Waals surface area contributed by atoms with Crippen molar-refractivity contribution in [1.82, 2.24) is 18.7 Å². The van der Waals surface area contributed by atoms with Crippen molar-refractivity contribution < 1.29 is 17.9 Å². The number of hydrogen-bond acceptors (Lipinski definition) is 7. The number of anilines is 1. The summed E-state index contributed by atoms with van der Waals surface area (Å²) >= 11 is 6.02. The minimum Gasteiger partial charge on any atom is -0.353 e. The van der Waals surface area contributed by atoms with Gasteiger partial charge in [0.1, 0.15) is 0 Å². The number of imidazole rings is 1. The van der Waals surface area contributed by atoms with E-state index in [0.29, 0.717) is 24.7 Å². The van der Waals surface area contributed by atoms with Gasteiger partial charge in [-0.15, -0.1) is 0 Å². The van der Waals surface area contributed by atoms with Crippen LogP contribution in [0, 0.1) is 0 Å². The van der Waals surface area contributed by atoms with Gasteiger partial charge >= 0.3 is 5.69 Å². The fraction of sp³-hybridized carbons (Fsp3) is 0.542. The van der Waals surface area contributed by atoms with E-state index in [9.17, 15) is 18.0 Å². The highest BCUT2D eigenvalue weighted by Crippen LogP contribution is 2.21. The van der Waals surface area contributed by atoms with E-state index in [-0.39, 0.29) is 36.5 Å². The number of halogens is 1. The summed E-state index contributed by atoms with van der Waals surface area (Å²) in [4.78, 5) is 31.0. The third kappa shape index (κ3) is 6.08. The van der Waals surface area contributed by atoms with Crippen LogP contribution in [-0.2, 0) is 39.6 Å². The standard InChI is InChI=1S/C24H32ClN5O6S/c1-16(2)37(33,34)27-23-26-21-20(30(23)15-17-8-10-18(25)11-9-17)22(31)29(24(32)28(21)3)12-6-14-36-19-7-4-5-13-35-19/h8-11,16,19H,4-7,12-15H2,1-3H3,(H,26,27). The molecule has 1 aromatic carbocycles. The van der Waals surface area contributed by atoms with Gasteiger partial charge < -0.3 is 9.47 Å². The lowest BCUT2D eigenvalue weighted by Crippen LogP contribution is -2.40. The Labute approximate surface area is 220 Å². The average Bonchev–Trinajstić information content (AvgIpc) is 3.21. The molecular formula is C24H32ClN5O6S. The van der Waals surface area contributed by atoms with Gasteiger partial charge in [0, 0.05) is 25.2 Å². The van der Waals surface area contributed by atoms with E-state index in [4.69, 9.17) is 21.1 Å². The molecule has 1 saturated heterocycles. The van der Waals surface area contributed by atoms with Gasteiger partial charge in [0.25, 0.3) is 5.56 Å². The number of rotatable bonds is 10. The number of hydrogen-bond donors (Lipinski definition) is 1. The summed E-state index contributed by atoms with van der Waals surface area (Å²) in [5.74, 6) is -0.0405. The fourth-order valence-corrected chi connectivity index (χ4v) is 4.87. The van der Waals surface area contributed by atoms with Crippen molar-refractivity contribution in [3.05, 3.63) is 55.7 Å². The zero-order valence-electron chi connectivity index (χ0n) is 21.1.